The molecule has 0 unspecified atom stereocenters. The zero-order valence-electron chi connectivity index (χ0n) is 26.9. The van der Waals surface area contributed by atoms with E-state index in [-0.39, 0.29) is 18.9 Å². The minimum Gasteiger partial charge on any atom is -0.459 e. The molecule has 1 aliphatic heterocycles. The van der Waals surface area contributed by atoms with E-state index in [1.54, 1.807) is 48.5 Å². The van der Waals surface area contributed by atoms with Gasteiger partial charge >= 0.3 is 11.9 Å². The second-order valence-electron chi connectivity index (χ2n) is 11.9. The Hall–Kier alpha value is -5.02. The number of H-pyrrole nitrogens is 1. The zero-order valence-corrected chi connectivity index (χ0v) is 26.9. The molecule has 1 saturated heterocycles. The number of hydrogen-bond acceptors (Lipinski definition) is 8. The number of rotatable bonds is 13. The van der Waals surface area contributed by atoms with E-state index in [1.165, 1.54) is 0 Å². The molecule has 47 heavy (non-hydrogen) atoms. The van der Waals surface area contributed by atoms with Gasteiger partial charge in [0.15, 0.2) is 0 Å². The lowest BCUT2D eigenvalue weighted by atomic mass is 9.95. The molecule has 3 aromatic carbocycles. The van der Waals surface area contributed by atoms with Crippen molar-refractivity contribution in [3.8, 4) is 5.88 Å². The van der Waals surface area contributed by atoms with Crippen LogP contribution in [0.15, 0.2) is 84.9 Å². The van der Waals surface area contributed by atoms with Gasteiger partial charge in [-0.3, -0.25) is 5.10 Å². The van der Waals surface area contributed by atoms with Crippen molar-refractivity contribution in [2.45, 2.75) is 70.9 Å². The molecule has 0 saturated carbocycles. The summed E-state index contributed by atoms with van der Waals surface area (Å²) < 4.78 is 24.2. The summed E-state index contributed by atoms with van der Waals surface area (Å²) in [6.45, 7) is 6.19. The number of aromatic amines is 1. The van der Waals surface area contributed by atoms with Crippen LogP contribution in [0.2, 0.25) is 0 Å². The Balaban J connectivity index is 1.34. The Labute approximate surface area is 274 Å². The van der Waals surface area contributed by atoms with Gasteiger partial charge in [0.1, 0.15) is 19.0 Å². The van der Waals surface area contributed by atoms with Crippen LogP contribution in [-0.2, 0) is 25.4 Å². The molecular weight excluding hydrogens is 596 g/mol. The van der Waals surface area contributed by atoms with Crippen molar-refractivity contribution in [2.24, 2.45) is 0 Å². The van der Waals surface area contributed by atoms with Gasteiger partial charge in [0.2, 0.25) is 12.2 Å². The minimum absolute atomic E-state index is 0.0372. The maximum absolute atomic E-state index is 13.0. The van der Waals surface area contributed by atoms with Crippen LogP contribution in [0.4, 0.5) is 0 Å². The van der Waals surface area contributed by atoms with Crippen molar-refractivity contribution in [1.82, 2.24) is 10.2 Å². The quantitative estimate of drug-likeness (QED) is 0.123. The first-order valence-electron chi connectivity index (χ1n) is 15.9. The fourth-order valence-electron chi connectivity index (χ4n) is 5.53. The summed E-state index contributed by atoms with van der Waals surface area (Å²) >= 11 is 0. The summed E-state index contributed by atoms with van der Waals surface area (Å²) in [6, 6.07) is 23.7. The number of benzene rings is 3. The van der Waals surface area contributed by atoms with Gasteiger partial charge in [-0.25, -0.2) is 9.59 Å². The van der Waals surface area contributed by atoms with E-state index in [0.29, 0.717) is 36.3 Å². The first kappa shape index (κ1) is 33.3. The molecule has 2 heterocycles. The average molecular weight is 637 g/mol. The second kappa shape index (κ2) is 16.0. The molecule has 5 rings (SSSR count). The Morgan fingerprint density at radius 2 is 1.68 bits per heavy atom. The molecule has 9 heteroatoms. The van der Waals surface area contributed by atoms with Crippen LogP contribution in [0, 0.1) is 6.92 Å². The van der Waals surface area contributed by atoms with Crippen LogP contribution in [0.5, 0.6) is 5.88 Å². The molecule has 1 fully saturated rings. The summed E-state index contributed by atoms with van der Waals surface area (Å²) in [5.41, 5.74) is 5.97. The number of hydrogen-bond donors (Lipinski definition) is 1. The highest BCUT2D eigenvalue weighted by Gasteiger charge is 2.35. The predicted octanol–water partition coefficient (Wildman–Crippen LogP) is 7.00. The molecule has 0 radical (unpaired) electrons. The first-order chi connectivity index (χ1) is 22.8. The van der Waals surface area contributed by atoms with E-state index >= 15 is 0 Å². The molecule has 1 aromatic heterocycles. The Morgan fingerprint density at radius 1 is 0.979 bits per heavy atom. The number of carbonyl (C=O) groups excluding carboxylic acids is 3. The number of allylic oxidation sites excluding steroid dienone is 1. The predicted molar refractivity (Wildman–Crippen MR) is 177 cm³/mol. The lowest BCUT2D eigenvalue weighted by molar-refractivity contribution is -0.186. The Morgan fingerprint density at radius 3 is 2.34 bits per heavy atom. The van der Waals surface area contributed by atoms with Crippen LogP contribution < -0.4 is 4.74 Å². The van der Waals surface area contributed by atoms with Crippen molar-refractivity contribution >= 4 is 24.3 Å². The van der Waals surface area contributed by atoms with Crippen molar-refractivity contribution in [3.05, 3.63) is 124 Å². The zero-order chi connectivity index (χ0) is 33.2. The molecule has 0 aliphatic carbocycles. The maximum Gasteiger partial charge on any atom is 0.338 e. The van der Waals surface area contributed by atoms with Gasteiger partial charge in [0.25, 0.3) is 0 Å². The molecule has 4 aromatic rings. The van der Waals surface area contributed by atoms with E-state index in [1.807, 2.05) is 30.4 Å². The van der Waals surface area contributed by atoms with Crippen LogP contribution in [0.25, 0.3) is 6.08 Å². The van der Waals surface area contributed by atoms with Crippen molar-refractivity contribution in [1.29, 1.82) is 0 Å². The van der Waals surface area contributed by atoms with Crippen molar-refractivity contribution in [2.75, 3.05) is 6.61 Å². The SMILES string of the molecule is Cc1cc(/C=C/CC=O)ccc1Cc1c(O[C@H]2C[C@@H](OC(=O)c3ccccc3)C[C@@H](COC(=O)c3ccccc3)O2)n[nH]c1C(C)C. The largest absolute Gasteiger partial charge is 0.459 e. The van der Waals surface area contributed by atoms with Gasteiger partial charge in [0, 0.05) is 36.9 Å². The molecule has 0 bridgehead atoms. The number of aldehydes is 1. The maximum atomic E-state index is 13.0. The van der Waals surface area contributed by atoms with Gasteiger partial charge in [-0.05, 0) is 53.8 Å². The monoisotopic (exact) mass is 636 g/mol. The molecule has 0 amide bonds. The molecule has 3 atom stereocenters. The summed E-state index contributed by atoms with van der Waals surface area (Å²) in [7, 11) is 0. The number of nitrogens with one attached hydrogen (secondary N) is 1. The number of nitrogens with zero attached hydrogens (tertiary/aromatic N) is 1. The number of esters is 2. The molecule has 1 aliphatic rings. The number of ether oxygens (including phenoxy) is 4. The van der Waals surface area contributed by atoms with Gasteiger partial charge in [-0.2, -0.15) is 0 Å². The normalized spacial score (nSPS) is 17.8. The van der Waals surface area contributed by atoms with Gasteiger partial charge in [-0.1, -0.05) is 80.6 Å². The topological polar surface area (TPSA) is 117 Å². The second-order valence-corrected chi connectivity index (χ2v) is 11.9. The van der Waals surface area contributed by atoms with E-state index in [4.69, 9.17) is 18.9 Å². The van der Waals surface area contributed by atoms with E-state index in [9.17, 15) is 14.4 Å². The van der Waals surface area contributed by atoms with E-state index in [2.05, 4.69) is 43.1 Å². The standard InChI is InChI=1S/C38H40N2O7/c1-25(2)35-33(21-30-18-17-27(20-26(30)3)12-10-11-19-41)36(40-39-35)47-34-23-31(46-38(43)29-15-8-5-9-16-29)22-32(45-34)24-44-37(42)28-13-6-4-7-14-28/h4-10,12-20,25,31-32,34H,11,21-24H2,1-3H3,(H,39,40)/b12-10+/t31-,32-,34-/m0/s1. The third kappa shape index (κ3) is 9.04. The lowest BCUT2D eigenvalue weighted by Crippen LogP contribution is -2.43. The molecule has 1 N–H and O–H groups in total. The van der Waals surface area contributed by atoms with Crippen LogP contribution in [-0.4, -0.2) is 53.5 Å². The van der Waals surface area contributed by atoms with Crippen molar-refractivity contribution < 1.29 is 33.3 Å². The third-order valence-corrected chi connectivity index (χ3v) is 7.98. The highest BCUT2D eigenvalue weighted by Crippen LogP contribution is 2.32. The number of aryl methyl sites for hydroxylation is 1. The van der Waals surface area contributed by atoms with E-state index in [0.717, 1.165) is 34.2 Å². The minimum atomic E-state index is -0.814. The Kier molecular flexibility index (Phi) is 11.4. The molecular formula is C38H40N2O7. The first-order valence-corrected chi connectivity index (χ1v) is 15.9. The number of aromatic nitrogens is 2. The fraction of sp³-hybridized carbons (Fsp3) is 0.316. The molecule has 0 spiro atoms. The Bertz CT molecular complexity index is 1680. The third-order valence-electron chi connectivity index (χ3n) is 7.98. The molecule has 244 valence electrons. The van der Waals surface area contributed by atoms with Crippen LogP contribution >= 0.6 is 0 Å². The van der Waals surface area contributed by atoms with Crippen LogP contribution in [0.3, 0.4) is 0 Å². The lowest BCUT2D eigenvalue weighted by Gasteiger charge is -2.34. The van der Waals surface area contributed by atoms with Crippen molar-refractivity contribution in [3.63, 3.8) is 0 Å². The molecule has 9 nitrogen and oxygen atoms in total. The van der Waals surface area contributed by atoms with Gasteiger partial charge in [0.05, 0.1) is 17.2 Å². The fourth-order valence-corrected chi connectivity index (χ4v) is 5.53. The van der Waals surface area contributed by atoms with E-state index < -0.39 is 30.4 Å². The highest BCUT2D eigenvalue weighted by atomic mass is 16.7. The smallest absolute Gasteiger partial charge is 0.338 e. The summed E-state index contributed by atoms with van der Waals surface area (Å²) in [4.78, 5) is 36.3. The highest BCUT2D eigenvalue weighted by molar-refractivity contribution is 5.89. The van der Waals surface area contributed by atoms with Gasteiger partial charge < -0.3 is 23.7 Å². The summed E-state index contributed by atoms with van der Waals surface area (Å²) in [5.74, 6) is -0.355. The summed E-state index contributed by atoms with van der Waals surface area (Å²) in [5, 5.41) is 7.69. The van der Waals surface area contributed by atoms with Crippen LogP contribution in [0.1, 0.15) is 87.7 Å². The van der Waals surface area contributed by atoms with Gasteiger partial charge in [-0.15, -0.1) is 5.10 Å². The number of carbonyl (C=O) groups is 3. The average Bonchev–Trinajstić information content (AvgIpc) is 3.47. The summed E-state index contributed by atoms with van der Waals surface area (Å²) in [6.07, 6.45) is 4.25.